The van der Waals surface area contributed by atoms with Gasteiger partial charge in [-0.2, -0.15) is 0 Å². The Hall–Kier alpha value is -0.870. The molecule has 14 heavy (non-hydrogen) atoms. The average molecular weight is 194 g/mol. The van der Waals surface area contributed by atoms with Crippen molar-refractivity contribution in [3.63, 3.8) is 0 Å². The summed E-state index contributed by atoms with van der Waals surface area (Å²) < 4.78 is 2.13. The lowest BCUT2D eigenvalue weighted by Gasteiger charge is -2.38. The summed E-state index contributed by atoms with van der Waals surface area (Å²) >= 11 is 0. The van der Waals surface area contributed by atoms with Crippen molar-refractivity contribution in [2.45, 2.75) is 13.0 Å². The van der Waals surface area contributed by atoms with E-state index < -0.39 is 0 Å². The van der Waals surface area contributed by atoms with Crippen LogP contribution in [0.15, 0.2) is 18.7 Å². The van der Waals surface area contributed by atoms with Gasteiger partial charge >= 0.3 is 0 Å². The lowest BCUT2D eigenvalue weighted by Crippen LogP contribution is -2.50. The lowest BCUT2D eigenvalue weighted by molar-refractivity contribution is 0.103. The maximum atomic E-state index is 5.56. The Morgan fingerprint density at radius 2 is 2.21 bits per heavy atom. The Morgan fingerprint density at radius 3 is 2.86 bits per heavy atom. The van der Waals surface area contributed by atoms with E-state index in [4.69, 9.17) is 5.73 Å². The molecule has 2 heterocycles. The predicted molar refractivity (Wildman–Crippen MR) is 55.8 cm³/mol. The van der Waals surface area contributed by atoms with Crippen LogP contribution in [-0.2, 0) is 6.54 Å². The first-order valence-electron chi connectivity index (χ1n) is 5.26. The molecule has 2 rings (SSSR count). The van der Waals surface area contributed by atoms with Gasteiger partial charge in [-0.25, -0.2) is 4.98 Å². The molecule has 0 unspecified atom stereocenters. The van der Waals surface area contributed by atoms with Gasteiger partial charge in [0.05, 0.1) is 6.33 Å². The molecule has 0 radical (unpaired) electrons. The van der Waals surface area contributed by atoms with Crippen molar-refractivity contribution in [1.82, 2.24) is 14.5 Å². The van der Waals surface area contributed by atoms with E-state index in [9.17, 15) is 0 Å². The molecule has 4 heteroatoms. The van der Waals surface area contributed by atoms with Gasteiger partial charge in [0.15, 0.2) is 0 Å². The average Bonchev–Trinajstić information content (AvgIpc) is 2.61. The van der Waals surface area contributed by atoms with Crippen molar-refractivity contribution in [2.75, 3.05) is 26.2 Å². The number of hydrogen-bond donors (Lipinski definition) is 1. The smallest absolute Gasteiger partial charge is 0.0945 e. The summed E-state index contributed by atoms with van der Waals surface area (Å²) in [5.74, 6) is 0.753. The standard InChI is InChI=1S/C10H18N4/c11-6-10-7-14(8-10)4-1-3-13-5-2-12-9-13/h2,5,9-10H,1,3-4,6-8,11H2. The summed E-state index contributed by atoms with van der Waals surface area (Å²) in [6.45, 7) is 5.50. The minimum Gasteiger partial charge on any atom is -0.337 e. The Balaban J connectivity index is 1.56. The second-order valence-corrected chi connectivity index (χ2v) is 4.02. The number of hydrogen-bond acceptors (Lipinski definition) is 3. The van der Waals surface area contributed by atoms with Crippen LogP contribution >= 0.6 is 0 Å². The minimum absolute atomic E-state index is 0.753. The van der Waals surface area contributed by atoms with E-state index in [0.717, 1.165) is 19.0 Å². The van der Waals surface area contributed by atoms with Crippen LogP contribution in [0.25, 0.3) is 0 Å². The SMILES string of the molecule is NCC1CN(CCCn2ccnc2)C1. The van der Waals surface area contributed by atoms with E-state index >= 15 is 0 Å². The molecular weight excluding hydrogens is 176 g/mol. The molecule has 2 N–H and O–H groups in total. The van der Waals surface area contributed by atoms with Crippen LogP contribution in [0.1, 0.15) is 6.42 Å². The maximum absolute atomic E-state index is 5.56. The first-order valence-corrected chi connectivity index (χ1v) is 5.26. The number of likely N-dealkylation sites (tertiary alicyclic amines) is 1. The molecule has 0 amide bonds. The van der Waals surface area contributed by atoms with Crippen LogP contribution < -0.4 is 5.73 Å². The summed E-state index contributed by atoms with van der Waals surface area (Å²) in [6.07, 6.45) is 6.92. The number of nitrogens with two attached hydrogens (primary N) is 1. The van der Waals surface area contributed by atoms with Gasteiger partial charge < -0.3 is 15.2 Å². The van der Waals surface area contributed by atoms with E-state index in [0.29, 0.717) is 0 Å². The minimum atomic E-state index is 0.753. The van der Waals surface area contributed by atoms with Gasteiger partial charge in [-0.1, -0.05) is 0 Å². The summed E-state index contributed by atoms with van der Waals surface area (Å²) in [4.78, 5) is 6.48. The zero-order valence-electron chi connectivity index (χ0n) is 8.47. The normalized spacial score (nSPS) is 18.4. The van der Waals surface area contributed by atoms with Gasteiger partial charge in [-0.15, -0.1) is 0 Å². The quantitative estimate of drug-likeness (QED) is 0.726. The van der Waals surface area contributed by atoms with Crippen LogP contribution in [0.4, 0.5) is 0 Å². The molecule has 0 saturated carbocycles. The zero-order chi connectivity index (χ0) is 9.80. The van der Waals surface area contributed by atoms with Crippen molar-refractivity contribution in [3.8, 4) is 0 Å². The molecule has 1 aromatic heterocycles. The Bertz CT molecular complexity index is 251. The number of aromatic nitrogens is 2. The monoisotopic (exact) mass is 194 g/mol. The molecule has 78 valence electrons. The Morgan fingerprint density at radius 1 is 1.36 bits per heavy atom. The number of aryl methyl sites for hydroxylation is 1. The summed E-state index contributed by atoms with van der Waals surface area (Å²) in [7, 11) is 0. The molecule has 1 saturated heterocycles. The van der Waals surface area contributed by atoms with Crippen LogP contribution in [0, 0.1) is 5.92 Å². The van der Waals surface area contributed by atoms with Crippen LogP contribution in [0.3, 0.4) is 0 Å². The number of imidazole rings is 1. The van der Waals surface area contributed by atoms with Crippen molar-refractivity contribution in [3.05, 3.63) is 18.7 Å². The fraction of sp³-hybridized carbons (Fsp3) is 0.700. The summed E-state index contributed by atoms with van der Waals surface area (Å²) in [6, 6.07) is 0. The third-order valence-corrected chi connectivity index (χ3v) is 2.82. The first-order chi connectivity index (χ1) is 6.88. The van der Waals surface area contributed by atoms with E-state index in [2.05, 4.69) is 14.5 Å². The molecule has 1 aromatic rings. The van der Waals surface area contributed by atoms with Gasteiger partial charge in [0.1, 0.15) is 0 Å². The second kappa shape index (κ2) is 4.57. The molecule has 0 bridgehead atoms. The van der Waals surface area contributed by atoms with E-state index in [1.165, 1.54) is 26.1 Å². The van der Waals surface area contributed by atoms with Gasteiger partial charge in [-0.3, -0.25) is 0 Å². The highest BCUT2D eigenvalue weighted by Gasteiger charge is 2.23. The lowest BCUT2D eigenvalue weighted by atomic mass is 10.0. The molecular formula is C10H18N4. The van der Waals surface area contributed by atoms with Crippen molar-refractivity contribution in [2.24, 2.45) is 11.7 Å². The fourth-order valence-corrected chi connectivity index (χ4v) is 1.90. The van der Waals surface area contributed by atoms with Crippen molar-refractivity contribution >= 4 is 0 Å². The van der Waals surface area contributed by atoms with E-state index in [-0.39, 0.29) is 0 Å². The molecule has 0 aromatic carbocycles. The van der Waals surface area contributed by atoms with Crippen LogP contribution in [0.2, 0.25) is 0 Å². The van der Waals surface area contributed by atoms with Gasteiger partial charge in [-0.05, 0) is 25.4 Å². The maximum Gasteiger partial charge on any atom is 0.0945 e. The van der Waals surface area contributed by atoms with Gasteiger partial charge in [0, 0.05) is 32.0 Å². The molecule has 1 fully saturated rings. The number of nitrogens with zero attached hydrogens (tertiary/aromatic N) is 3. The van der Waals surface area contributed by atoms with Crippen LogP contribution in [0.5, 0.6) is 0 Å². The first kappa shape index (κ1) is 9.68. The highest BCUT2D eigenvalue weighted by molar-refractivity contribution is 4.80. The van der Waals surface area contributed by atoms with E-state index in [1.807, 2.05) is 18.7 Å². The third kappa shape index (κ3) is 2.33. The molecule has 0 spiro atoms. The highest BCUT2D eigenvalue weighted by Crippen LogP contribution is 2.13. The Labute approximate surface area is 84.7 Å². The molecule has 1 aliphatic heterocycles. The van der Waals surface area contributed by atoms with Crippen molar-refractivity contribution in [1.29, 1.82) is 0 Å². The predicted octanol–water partition coefficient (Wildman–Crippen LogP) is 0.164. The van der Waals surface area contributed by atoms with E-state index in [1.54, 1.807) is 0 Å². The van der Waals surface area contributed by atoms with Gasteiger partial charge in [0.2, 0.25) is 0 Å². The zero-order valence-corrected chi connectivity index (χ0v) is 8.47. The fourth-order valence-electron chi connectivity index (χ4n) is 1.90. The summed E-state index contributed by atoms with van der Waals surface area (Å²) in [5, 5.41) is 0. The number of rotatable bonds is 5. The van der Waals surface area contributed by atoms with Crippen LogP contribution in [-0.4, -0.2) is 40.6 Å². The molecule has 0 aliphatic carbocycles. The second-order valence-electron chi connectivity index (χ2n) is 4.02. The van der Waals surface area contributed by atoms with Crippen molar-refractivity contribution < 1.29 is 0 Å². The third-order valence-electron chi connectivity index (χ3n) is 2.82. The summed E-state index contributed by atoms with van der Waals surface area (Å²) in [5.41, 5.74) is 5.56. The topological polar surface area (TPSA) is 47.1 Å². The largest absolute Gasteiger partial charge is 0.337 e. The molecule has 0 atom stereocenters. The Kier molecular flexibility index (Phi) is 3.16. The molecule has 1 aliphatic rings. The molecule has 4 nitrogen and oxygen atoms in total. The van der Waals surface area contributed by atoms with Gasteiger partial charge in [0.25, 0.3) is 0 Å². The highest BCUT2D eigenvalue weighted by atomic mass is 15.2.